The predicted molar refractivity (Wildman–Crippen MR) is 103 cm³/mol. The van der Waals surface area contributed by atoms with Gasteiger partial charge in [0.2, 0.25) is 5.91 Å². The molecule has 0 bridgehead atoms. The highest BCUT2D eigenvalue weighted by Crippen LogP contribution is 2.26. The Morgan fingerprint density at radius 1 is 1.08 bits per heavy atom. The van der Waals surface area contributed by atoms with Crippen LogP contribution in [0.5, 0.6) is 0 Å². The number of benzene rings is 2. The molecule has 4 heteroatoms. The van der Waals surface area contributed by atoms with Gasteiger partial charge in [0.05, 0.1) is 6.04 Å². The van der Waals surface area contributed by atoms with Crippen molar-refractivity contribution in [3.05, 3.63) is 72.0 Å². The van der Waals surface area contributed by atoms with Crippen molar-refractivity contribution in [1.29, 1.82) is 0 Å². The van der Waals surface area contributed by atoms with Crippen LogP contribution in [0.4, 0.5) is 0 Å². The van der Waals surface area contributed by atoms with E-state index in [1.165, 1.54) is 5.56 Å². The van der Waals surface area contributed by atoms with Gasteiger partial charge in [-0.25, -0.2) is 0 Å². The fourth-order valence-electron chi connectivity index (χ4n) is 3.71. The lowest BCUT2D eigenvalue weighted by molar-refractivity contribution is -0.136. The van der Waals surface area contributed by atoms with Gasteiger partial charge in [-0.15, -0.1) is 0 Å². The summed E-state index contributed by atoms with van der Waals surface area (Å²) in [5.74, 6) is 1.08. The standard InChI is InChI=1S/C22H24N2O2/c1-23-13-14-24(20(16-23)17-7-3-2-4-8-17)22(25)12-11-19-15-18-9-5-6-10-21(18)26-19/h2-10,15,20H,11-14,16H2,1H3. The largest absolute Gasteiger partial charge is 0.461 e. The van der Waals surface area contributed by atoms with Crippen LogP contribution in [0.15, 0.2) is 65.1 Å². The van der Waals surface area contributed by atoms with Crippen molar-refractivity contribution < 1.29 is 9.21 Å². The smallest absolute Gasteiger partial charge is 0.223 e. The molecular weight excluding hydrogens is 324 g/mol. The number of aryl methyl sites for hydroxylation is 1. The maximum atomic E-state index is 12.9. The third kappa shape index (κ3) is 3.51. The van der Waals surface area contributed by atoms with Gasteiger partial charge in [-0.05, 0) is 24.7 Å². The average Bonchev–Trinajstić information content (AvgIpc) is 3.10. The molecule has 134 valence electrons. The van der Waals surface area contributed by atoms with E-state index in [0.717, 1.165) is 36.4 Å². The van der Waals surface area contributed by atoms with E-state index in [4.69, 9.17) is 4.42 Å². The molecule has 1 saturated heterocycles. The second-order valence-corrected chi connectivity index (χ2v) is 7.03. The number of para-hydroxylation sites is 1. The summed E-state index contributed by atoms with van der Waals surface area (Å²) in [6, 6.07) is 20.5. The second kappa shape index (κ2) is 7.34. The molecule has 0 N–H and O–H groups in total. The molecule has 1 atom stereocenters. The normalized spacial score (nSPS) is 18.3. The number of nitrogens with zero attached hydrogens (tertiary/aromatic N) is 2. The monoisotopic (exact) mass is 348 g/mol. The van der Waals surface area contributed by atoms with Crippen LogP contribution in [0.2, 0.25) is 0 Å². The molecule has 0 spiro atoms. The summed E-state index contributed by atoms with van der Waals surface area (Å²) >= 11 is 0. The highest BCUT2D eigenvalue weighted by Gasteiger charge is 2.29. The fraction of sp³-hybridized carbons (Fsp3) is 0.318. The maximum absolute atomic E-state index is 12.9. The van der Waals surface area contributed by atoms with E-state index in [2.05, 4.69) is 24.1 Å². The minimum atomic E-state index is 0.123. The topological polar surface area (TPSA) is 36.7 Å². The highest BCUT2D eigenvalue weighted by molar-refractivity contribution is 5.79. The molecule has 1 fully saturated rings. The van der Waals surface area contributed by atoms with E-state index in [0.29, 0.717) is 12.8 Å². The zero-order valence-corrected chi connectivity index (χ0v) is 15.1. The van der Waals surface area contributed by atoms with Gasteiger partial charge >= 0.3 is 0 Å². The molecule has 1 aliphatic rings. The van der Waals surface area contributed by atoms with Gasteiger partial charge in [-0.2, -0.15) is 0 Å². The molecule has 1 unspecified atom stereocenters. The number of hydrogen-bond donors (Lipinski definition) is 0. The van der Waals surface area contributed by atoms with Crippen LogP contribution in [0, 0.1) is 0 Å². The minimum Gasteiger partial charge on any atom is -0.461 e. The van der Waals surface area contributed by atoms with E-state index >= 15 is 0 Å². The Balaban J connectivity index is 1.46. The van der Waals surface area contributed by atoms with Crippen LogP contribution >= 0.6 is 0 Å². The van der Waals surface area contributed by atoms with Crippen LogP contribution in [0.25, 0.3) is 11.0 Å². The molecule has 1 amide bonds. The Labute approximate surface area is 154 Å². The molecule has 2 aromatic carbocycles. The van der Waals surface area contributed by atoms with Crippen LogP contribution in [0.3, 0.4) is 0 Å². The second-order valence-electron chi connectivity index (χ2n) is 7.03. The molecule has 0 saturated carbocycles. The van der Waals surface area contributed by atoms with Crippen LogP contribution in [-0.4, -0.2) is 42.4 Å². The molecular formula is C22H24N2O2. The Bertz CT molecular complexity index is 854. The fourth-order valence-corrected chi connectivity index (χ4v) is 3.71. The number of likely N-dealkylation sites (N-methyl/N-ethyl adjacent to an activating group) is 1. The van der Waals surface area contributed by atoms with Crippen molar-refractivity contribution in [2.45, 2.75) is 18.9 Å². The van der Waals surface area contributed by atoms with E-state index < -0.39 is 0 Å². The van der Waals surface area contributed by atoms with Crippen LogP contribution in [-0.2, 0) is 11.2 Å². The average molecular weight is 348 g/mol. The summed E-state index contributed by atoms with van der Waals surface area (Å²) in [6.07, 6.45) is 1.12. The van der Waals surface area contributed by atoms with Gasteiger partial charge in [0.1, 0.15) is 11.3 Å². The Morgan fingerprint density at radius 2 is 1.85 bits per heavy atom. The lowest BCUT2D eigenvalue weighted by atomic mass is 10.0. The Kier molecular flexibility index (Phi) is 4.76. The number of hydrogen-bond acceptors (Lipinski definition) is 3. The summed E-state index contributed by atoms with van der Waals surface area (Å²) < 4.78 is 5.86. The summed E-state index contributed by atoms with van der Waals surface area (Å²) in [7, 11) is 2.12. The Morgan fingerprint density at radius 3 is 2.65 bits per heavy atom. The van der Waals surface area contributed by atoms with Gasteiger partial charge in [0.15, 0.2) is 0 Å². The van der Waals surface area contributed by atoms with Crippen molar-refractivity contribution in [2.75, 3.05) is 26.7 Å². The number of furan rings is 1. The molecule has 1 aromatic heterocycles. The first-order valence-electron chi connectivity index (χ1n) is 9.21. The number of carbonyl (C=O) groups excluding carboxylic acids is 1. The van der Waals surface area contributed by atoms with Gasteiger partial charge in [0.25, 0.3) is 0 Å². The molecule has 0 aliphatic carbocycles. The van der Waals surface area contributed by atoms with Crippen LogP contribution in [0.1, 0.15) is 23.8 Å². The van der Waals surface area contributed by atoms with Gasteiger partial charge in [-0.1, -0.05) is 48.5 Å². The SMILES string of the molecule is CN1CCN(C(=O)CCc2cc3ccccc3o2)C(c2ccccc2)C1. The molecule has 4 rings (SSSR count). The van der Waals surface area contributed by atoms with Crippen molar-refractivity contribution in [3.8, 4) is 0 Å². The lowest BCUT2D eigenvalue weighted by Crippen LogP contribution is -2.49. The molecule has 1 aliphatic heterocycles. The summed E-state index contributed by atoms with van der Waals surface area (Å²) in [6.45, 7) is 2.56. The predicted octanol–water partition coefficient (Wildman–Crippen LogP) is 3.88. The van der Waals surface area contributed by atoms with Gasteiger partial charge < -0.3 is 14.2 Å². The summed E-state index contributed by atoms with van der Waals surface area (Å²) in [4.78, 5) is 17.3. The number of carbonyl (C=O) groups is 1. The van der Waals surface area contributed by atoms with E-state index in [-0.39, 0.29) is 11.9 Å². The zero-order valence-electron chi connectivity index (χ0n) is 15.1. The van der Waals surface area contributed by atoms with Crippen molar-refractivity contribution >= 4 is 16.9 Å². The summed E-state index contributed by atoms with van der Waals surface area (Å²) in [5.41, 5.74) is 2.09. The number of rotatable bonds is 4. The van der Waals surface area contributed by atoms with Gasteiger partial charge in [-0.3, -0.25) is 4.79 Å². The summed E-state index contributed by atoms with van der Waals surface area (Å²) in [5, 5.41) is 1.09. The first-order chi connectivity index (χ1) is 12.7. The third-order valence-electron chi connectivity index (χ3n) is 5.15. The number of fused-ring (bicyclic) bond motifs is 1. The maximum Gasteiger partial charge on any atom is 0.223 e. The first kappa shape index (κ1) is 16.9. The van der Waals surface area contributed by atoms with Crippen LogP contribution < -0.4 is 0 Å². The van der Waals surface area contributed by atoms with Crippen molar-refractivity contribution in [1.82, 2.24) is 9.80 Å². The molecule has 26 heavy (non-hydrogen) atoms. The number of amides is 1. The third-order valence-corrected chi connectivity index (χ3v) is 5.15. The van der Waals surface area contributed by atoms with E-state index in [9.17, 15) is 4.79 Å². The molecule has 0 radical (unpaired) electrons. The molecule has 4 nitrogen and oxygen atoms in total. The highest BCUT2D eigenvalue weighted by atomic mass is 16.3. The Hall–Kier alpha value is -2.59. The van der Waals surface area contributed by atoms with Crippen molar-refractivity contribution in [2.24, 2.45) is 0 Å². The quantitative estimate of drug-likeness (QED) is 0.718. The minimum absolute atomic E-state index is 0.123. The van der Waals surface area contributed by atoms with Crippen molar-refractivity contribution in [3.63, 3.8) is 0 Å². The molecule has 3 aromatic rings. The van der Waals surface area contributed by atoms with Gasteiger partial charge in [0, 0.05) is 37.9 Å². The number of piperazine rings is 1. The zero-order chi connectivity index (χ0) is 17.9. The van der Waals surface area contributed by atoms with E-state index in [1.54, 1.807) is 0 Å². The molecule has 2 heterocycles. The first-order valence-corrected chi connectivity index (χ1v) is 9.21. The van der Waals surface area contributed by atoms with E-state index in [1.807, 2.05) is 53.4 Å². The lowest BCUT2D eigenvalue weighted by Gasteiger charge is -2.40.